The van der Waals surface area contributed by atoms with Crippen molar-refractivity contribution in [1.29, 1.82) is 0 Å². The Morgan fingerprint density at radius 2 is 1.46 bits per heavy atom. The van der Waals surface area contributed by atoms with Gasteiger partial charge in [-0.05, 0) is 57.8 Å². The summed E-state index contributed by atoms with van der Waals surface area (Å²) >= 11 is 0. The van der Waals surface area contributed by atoms with Crippen molar-refractivity contribution < 1.29 is 18.8 Å². The van der Waals surface area contributed by atoms with Gasteiger partial charge in [-0.3, -0.25) is 0 Å². The Hall–Kier alpha value is -1.98. The third kappa shape index (κ3) is 3.89. The normalized spacial score (nSPS) is 18.0. The van der Waals surface area contributed by atoms with Crippen molar-refractivity contribution in [3.63, 3.8) is 0 Å². The van der Waals surface area contributed by atoms with Crippen LogP contribution in [0.4, 0.5) is 0 Å². The van der Waals surface area contributed by atoms with Crippen molar-refractivity contribution in [2.45, 2.75) is 52.4 Å². The van der Waals surface area contributed by atoms with Gasteiger partial charge in [0.15, 0.2) is 11.5 Å². The molecule has 138 valence electrons. The summed E-state index contributed by atoms with van der Waals surface area (Å²) in [6, 6.07) is 15.9. The van der Waals surface area contributed by atoms with Gasteiger partial charge in [0.2, 0.25) is 0 Å². The highest BCUT2D eigenvalue weighted by molar-refractivity contribution is 6.62. The molecular formula is C21H27BO4. The number of ether oxygens (including phenoxy) is 2. The zero-order valence-corrected chi connectivity index (χ0v) is 16.2. The number of hydrogen-bond acceptors (Lipinski definition) is 4. The molecule has 0 aromatic heterocycles. The largest absolute Gasteiger partial charge is 0.494 e. The van der Waals surface area contributed by atoms with Crippen molar-refractivity contribution in [3.05, 3.63) is 54.1 Å². The quantitative estimate of drug-likeness (QED) is 0.736. The third-order valence-electron chi connectivity index (χ3n) is 5.02. The van der Waals surface area contributed by atoms with Crippen LogP contribution in [-0.2, 0) is 15.9 Å². The van der Waals surface area contributed by atoms with E-state index in [1.54, 1.807) is 0 Å². The molecule has 0 spiro atoms. The zero-order chi connectivity index (χ0) is 18.8. The molecule has 0 amide bonds. The molecule has 1 aliphatic heterocycles. The van der Waals surface area contributed by atoms with Gasteiger partial charge in [0.25, 0.3) is 0 Å². The molecule has 4 nitrogen and oxygen atoms in total. The Balaban J connectivity index is 1.71. The van der Waals surface area contributed by atoms with E-state index < -0.39 is 0 Å². The van der Waals surface area contributed by atoms with E-state index >= 15 is 0 Å². The molecular weight excluding hydrogens is 327 g/mol. The average molecular weight is 354 g/mol. The molecule has 2 aromatic rings. The van der Waals surface area contributed by atoms with Crippen molar-refractivity contribution in [1.82, 2.24) is 0 Å². The van der Waals surface area contributed by atoms with E-state index in [1.807, 2.05) is 49.4 Å². The van der Waals surface area contributed by atoms with Crippen LogP contribution in [0, 0.1) is 0 Å². The van der Waals surface area contributed by atoms with Gasteiger partial charge in [-0.1, -0.05) is 36.4 Å². The Bertz CT molecular complexity index is 741. The summed E-state index contributed by atoms with van der Waals surface area (Å²) in [6.45, 7) is 11.3. The minimum absolute atomic E-state index is 0.347. The molecule has 0 saturated carbocycles. The van der Waals surface area contributed by atoms with Gasteiger partial charge in [-0.2, -0.15) is 0 Å². The second-order valence-corrected chi connectivity index (χ2v) is 7.50. The monoisotopic (exact) mass is 354 g/mol. The average Bonchev–Trinajstić information content (AvgIpc) is 2.82. The molecule has 26 heavy (non-hydrogen) atoms. The minimum Gasteiger partial charge on any atom is -0.490 e. The van der Waals surface area contributed by atoms with Crippen molar-refractivity contribution in [2.75, 3.05) is 6.61 Å². The van der Waals surface area contributed by atoms with Gasteiger partial charge >= 0.3 is 7.12 Å². The first kappa shape index (κ1) is 18.8. The van der Waals surface area contributed by atoms with Crippen LogP contribution in [0.3, 0.4) is 0 Å². The predicted octanol–water partition coefficient (Wildman–Crippen LogP) is 3.96. The molecule has 0 unspecified atom stereocenters. The fourth-order valence-electron chi connectivity index (χ4n) is 2.81. The first-order valence-electron chi connectivity index (χ1n) is 9.11. The highest BCUT2D eigenvalue weighted by atomic mass is 16.7. The van der Waals surface area contributed by atoms with Gasteiger partial charge in [0.05, 0.1) is 17.8 Å². The van der Waals surface area contributed by atoms with Crippen LogP contribution in [0.1, 0.15) is 40.2 Å². The summed E-state index contributed by atoms with van der Waals surface area (Å²) in [5.41, 5.74) is 1.37. The summed E-state index contributed by atoms with van der Waals surface area (Å²) in [4.78, 5) is 0. The van der Waals surface area contributed by atoms with Crippen LogP contribution in [0.15, 0.2) is 48.5 Å². The molecule has 0 N–H and O–H groups in total. The maximum atomic E-state index is 6.14. The van der Waals surface area contributed by atoms with Gasteiger partial charge in [0, 0.05) is 0 Å². The molecule has 2 aromatic carbocycles. The van der Waals surface area contributed by atoms with Crippen LogP contribution in [0.5, 0.6) is 11.5 Å². The SMILES string of the molecule is CCOc1ccccc1OCc1cccc(B2OC(C)(C)C(C)(C)O2)c1. The lowest BCUT2D eigenvalue weighted by Crippen LogP contribution is -2.41. The van der Waals surface area contributed by atoms with E-state index in [0.29, 0.717) is 13.2 Å². The van der Waals surface area contributed by atoms with Crippen molar-refractivity contribution in [2.24, 2.45) is 0 Å². The number of hydrogen-bond donors (Lipinski definition) is 0. The third-order valence-corrected chi connectivity index (χ3v) is 5.02. The molecule has 1 heterocycles. The summed E-state index contributed by atoms with van der Waals surface area (Å²) in [5.74, 6) is 1.51. The van der Waals surface area contributed by atoms with Crippen molar-refractivity contribution in [3.8, 4) is 11.5 Å². The fraction of sp³-hybridized carbons (Fsp3) is 0.429. The molecule has 3 rings (SSSR count). The molecule has 0 radical (unpaired) electrons. The fourth-order valence-corrected chi connectivity index (χ4v) is 2.81. The second-order valence-electron chi connectivity index (χ2n) is 7.50. The summed E-state index contributed by atoms with van der Waals surface area (Å²) in [6.07, 6.45) is 0. The zero-order valence-electron chi connectivity index (χ0n) is 16.2. The maximum Gasteiger partial charge on any atom is 0.494 e. The predicted molar refractivity (Wildman–Crippen MR) is 104 cm³/mol. The maximum absolute atomic E-state index is 6.14. The Morgan fingerprint density at radius 1 is 0.846 bits per heavy atom. The molecule has 0 bridgehead atoms. The highest BCUT2D eigenvalue weighted by Gasteiger charge is 2.51. The number of benzene rings is 2. The molecule has 0 aliphatic carbocycles. The number of rotatable bonds is 6. The molecule has 1 saturated heterocycles. The Kier molecular flexibility index (Phi) is 5.30. The van der Waals surface area contributed by atoms with E-state index in [1.165, 1.54) is 0 Å². The summed E-state index contributed by atoms with van der Waals surface area (Å²) in [7, 11) is -0.365. The van der Waals surface area contributed by atoms with E-state index in [9.17, 15) is 0 Å². The smallest absolute Gasteiger partial charge is 0.490 e. The van der Waals surface area contributed by atoms with Crippen LogP contribution in [0.25, 0.3) is 0 Å². The van der Waals surface area contributed by atoms with Crippen molar-refractivity contribution >= 4 is 12.6 Å². The summed E-state index contributed by atoms with van der Waals surface area (Å²) < 4.78 is 23.9. The first-order valence-corrected chi connectivity index (χ1v) is 9.11. The van der Waals surface area contributed by atoms with Crippen LogP contribution < -0.4 is 14.9 Å². The standard InChI is InChI=1S/C21H27BO4/c1-6-23-18-12-7-8-13-19(18)24-15-16-10-9-11-17(14-16)22-25-20(2,3)21(4,5)26-22/h7-14H,6,15H2,1-5H3. The van der Waals surface area contributed by atoms with Crippen LogP contribution in [0.2, 0.25) is 0 Å². The topological polar surface area (TPSA) is 36.9 Å². The van der Waals surface area contributed by atoms with E-state index in [4.69, 9.17) is 18.8 Å². The molecule has 5 heteroatoms. The lowest BCUT2D eigenvalue weighted by molar-refractivity contribution is 0.00578. The van der Waals surface area contributed by atoms with E-state index in [-0.39, 0.29) is 18.3 Å². The minimum atomic E-state index is -0.365. The second kappa shape index (κ2) is 7.33. The Morgan fingerprint density at radius 3 is 2.08 bits per heavy atom. The van der Waals surface area contributed by atoms with Crippen LogP contribution in [-0.4, -0.2) is 24.9 Å². The first-order chi connectivity index (χ1) is 12.3. The molecule has 1 aliphatic rings. The molecule has 1 fully saturated rings. The number of para-hydroxylation sites is 2. The van der Waals surface area contributed by atoms with E-state index in [2.05, 4.69) is 33.8 Å². The van der Waals surface area contributed by atoms with Gasteiger partial charge < -0.3 is 18.8 Å². The highest BCUT2D eigenvalue weighted by Crippen LogP contribution is 2.36. The summed E-state index contributed by atoms with van der Waals surface area (Å²) in [5, 5.41) is 0. The lowest BCUT2D eigenvalue weighted by Gasteiger charge is -2.32. The van der Waals surface area contributed by atoms with E-state index in [0.717, 1.165) is 22.5 Å². The Labute approximate surface area is 156 Å². The van der Waals surface area contributed by atoms with Crippen LogP contribution >= 0.6 is 0 Å². The van der Waals surface area contributed by atoms with Gasteiger partial charge in [-0.25, -0.2) is 0 Å². The van der Waals surface area contributed by atoms with Gasteiger partial charge in [0.1, 0.15) is 6.61 Å². The lowest BCUT2D eigenvalue weighted by atomic mass is 9.78. The molecule has 0 atom stereocenters. The van der Waals surface area contributed by atoms with Gasteiger partial charge in [-0.15, -0.1) is 0 Å².